The quantitative estimate of drug-likeness (QED) is 0.799. The Labute approximate surface area is 171 Å². The molecule has 1 amide bonds. The van der Waals surface area contributed by atoms with Crippen molar-refractivity contribution in [1.29, 1.82) is 0 Å². The number of piperidine rings is 1. The van der Waals surface area contributed by atoms with Gasteiger partial charge in [-0.3, -0.25) is 9.78 Å². The van der Waals surface area contributed by atoms with Crippen LogP contribution in [0.15, 0.2) is 48.8 Å². The second-order valence-electron chi connectivity index (χ2n) is 8.14. The van der Waals surface area contributed by atoms with Crippen molar-refractivity contribution >= 4 is 11.6 Å². The van der Waals surface area contributed by atoms with Gasteiger partial charge in [-0.25, -0.2) is 0 Å². The Morgan fingerprint density at radius 3 is 2.41 bits per heavy atom. The molecule has 3 saturated heterocycles. The molecule has 3 aliphatic rings. The van der Waals surface area contributed by atoms with Crippen LogP contribution in [-0.4, -0.2) is 60.3 Å². The number of carbonyl (C=O) groups excluding carboxylic acids is 1. The lowest BCUT2D eigenvalue weighted by Gasteiger charge is -2.39. The molecule has 5 rings (SSSR count). The summed E-state index contributed by atoms with van der Waals surface area (Å²) in [7, 11) is 0. The normalized spacial score (nSPS) is 26.4. The standard InChI is InChI=1S/C23H27N3O3/c27-23(17-3-5-18(6-4-17)25-10-12-28-13-11-25)26-19-7-8-20(26)15-22(14-19)29-21-2-1-9-24-16-21/h1-6,9,16,19-20,22H,7-8,10-15H2. The highest BCUT2D eigenvalue weighted by molar-refractivity contribution is 5.95. The van der Waals surface area contributed by atoms with Gasteiger partial charge in [0.25, 0.3) is 5.91 Å². The molecule has 0 radical (unpaired) electrons. The molecular formula is C23H27N3O3. The Kier molecular flexibility index (Phi) is 5.10. The van der Waals surface area contributed by atoms with Gasteiger partial charge < -0.3 is 19.3 Å². The van der Waals surface area contributed by atoms with Crippen LogP contribution in [0.3, 0.4) is 0 Å². The molecule has 6 heteroatoms. The molecule has 0 aliphatic carbocycles. The van der Waals surface area contributed by atoms with Crippen molar-refractivity contribution in [3.05, 3.63) is 54.4 Å². The van der Waals surface area contributed by atoms with Crippen molar-refractivity contribution in [2.75, 3.05) is 31.2 Å². The van der Waals surface area contributed by atoms with E-state index in [1.807, 2.05) is 24.3 Å². The largest absolute Gasteiger partial charge is 0.489 e. The molecule has 6 nitrogen and oxygen atoms in total. The monoisotopic (exact) mass is 393 g/mol. The maximum Gasteiger partial charge on any atom is 0.254 e. The van der Waals surface area contributed by atoms with E-state index in [0.29, 0.717) is 0 Å². The van der Waals surface area contributed by atoms with Crippen molar-refractivity contribution in [3.8, 4) is 5.75 Å². The van der Waals surface area contributed by atoms with Crippen LogP contribution in [0.4, 0.5) is 5.69 Å². The zero-order chi connectivity index (χ0) is 19.6. The Bertz CT molecular complexity index is 822. The zero-order valence-corrected chi connectivity index (χ0v) is 16.6. The highest BCUT2D eigenvalue weighted by Crippen LogP contribution is 2.38. The number of fused-ring (bicyclic) bond motifs is 2. The molecule has 2 bridgehead atoms. The summed E-state index contributed by atoms with van der Waals surface area (Å²) >= 11 is 0. The lowest BCUT2D eigenvalue weighted by Crippen LogP contribution is -2.49. The third kappa shape index (κ3) is 3.81. The molecule has 0 saturated carbocycles. The number of benzene rings is 1. The Hall–Kier alpha value is -2.60. The maximum atomic E-state index is 13.3. The summed E-state index contributed by atoms with van der Waals surface area (Å²) < 4.78 is 11.6. The molecule has 0 N–H and O–H groups in total. The molecule has 4 heterocycles. The summed E-state index contributed by atoms with van der Waals surface area (Å²) in [5, 5.41) is 0. The third-order valence-electron chi connectivity index (χ3n) is 6.35. The number of hydrogen-bond donors (Lipinski definition) is 0. The van der Waals surface area contributed by atoms with Crippen molar-refractivity contribution in [3.63, 3.8) is 0 Å². The molecule has 2 atom stereocenters. The molecule has 1 aromatic heterocycles. The number of anilines is 1. The van der Waals surface area contributed by atoms with Crippen LogP contribution in [0.1, 0.15) is 36.0 Å². The first-order chi connectivity index (χ1) is 14.3. The number of hydrogen-bond acceptors (Lipinski definition) is 5. The van der Waals surface area contributed by atoms with Gasteiger partial charge in [-0.2, -0.15) is 0 Å². The predicted octanol–water partition coefficient (Wildman–Crippen LogP) is 3.13. The van der Waals surface area contributed by atoms with Crippen LogP contribution >= 0.6 is 0 Å². The van der Waals surface area contributed by atoms with Gasteiger partial charge in [-0.05, 0) is 49.2 Å². The molecule has 2 aromatic rings. The fourth-order valence-corrected chi connectivity index (χ4v) is 4.95. The molecule has 29 heavy (non-hydrogen) atoms. The minimum absolute atomic E-state index is 0.157. The minimum atomic E-state index is 0.157. The average molecular weight is 393 g/mol. The first-order valence-electron chi connectivity index (χ1n) is 10.6. The van der Waals surface area contributed by atoms with Gasteiger partial charge in [-0.15, -0.1) is 0 Å². The number of nitrogens with zero attached hydrogens (tertiary/aromatic N) is 3. The number of pyridine rings is 1. The van der Waals surface area contributed by atoms with Gasteiger partial charge in [0.05, 0.1) is 19.4 Å². The molecule has 0 spiro atoms. The summed E-state index contributed by atoms with van der Waals surface area (Å²) in [6.07, 6.45) is 7.58. The number of carbonyl (C=O) groups is 1. The zero-order valence-electron chi connectivity index (χ0n) is 16.6. The summed E-state index contributed by atoms with van der Waals surface area (Å²) in [6.45, 7) is 3.34. The van der Waals surface area contributed by atoms with Crippen LogP contribution in [0.5, 0.6) is 5.75 Å². The first-order valence-corrected chi connectivity index (χ1v) is 10.6. The van der Waals surface area contributed by atoms with Crippen LogP contribution < -0.4 is 9.64 Å². The Morgan fingerprint density at radius 1 is 1.03 bits per heavy atom. The number of aromatic nitrogens is 1. The van der Waals surface area contributed by atoms with Gasteiger partial charge in [0, 0.05) is 55.5 Å². The number of amides is 1. The molecule has 152 valence electrons. The second kappa shape index (κ2) is 8.03. The first kappa shape index (κ1) is 18.4. The SMILES string of the molecule is O=C(c1ccc(N2CCOCC2)cc1)N1C2CCC1CC(Oc1cccnc1)C2. The van der Waals surface area contributed by atoms with Gasteiger partial charge in [0.1, 0.15) is 11.9 Å². The Morgan fingerprint density at radius 2 is 1.76 bits per heavy atom. The number of rotatable bonds is 4. The van der Waals surface area contributed by atoms with Crippen molar-refractivity contribution in [2.45, 2.75) is 43.9 Å². The predicted molar refractivity (Wildman–Crippen MR) is 110 cm³/mol. The lowest BCUT2D eigenvalue weighted by atomic mass is 9.98. The second-order valence-corrected chi connectivity index (χ2v) is 8.14. The van der Waals surface area contributed by atoms with E-state index in [1.165, 1.54) is 0 Å². The summed E-state index contributed by atoms with van der Waals surface area (Å²) in [4.78, 5) is 21.8. The summed E-state index contributed by atoms with van der Waals surface area (Å²) in [6, 6.07) is 12.5. The molecule has 2 unspecified atom stereocenters. The van der Waals surface area contributed by atoms with Crippen LogP contribution in [0.25, 0.3) is 0 Å². The van der Waals surface area contributed by atoms with Crippen LogP contribution in [-0.2, 0) is 4.74 Å². The Balaban J connectivity index is 1.25. The van der Waals surface area contributed by atoms with Gasteiger partial charge >= 0.3 is 0 Å². The smallest absolute Gasteiger partial charge is 0.254 e. The van der Waals surface area contributed by atoms with E-state index in [9.17, 15) is 4.79 Å². The molecular weight excluding hydrogens is 366 g/mol. The highest BCUT2D eigenvalue weighted by atomic mass is 16.5. The maximum absolute atomic E-state index is 13.3. The fourth-order valence-electron chi connectivity index (χ4n) is 4.95. The van der Waals surface area contributed by atoms with Crippen molar-refractivity contribution < 1.29 is 14.3 Å². The highest BCUT2D eigenvalue weighted by Gasteiger charge is 2.44. The van der Waals surface area contributed by atoms with E-state index in [2.05, 4.69) is 26.9 Å². The van der Waals surface area contributed by atoms with Crippen molar-refractivity contribution in [2.24, 2.45) is 0 Å². The van der Waals surface area contributed by atoms with E-state index >= 15 is 0 Å². The van der Waals surface area contributed by atoms with Gasteiger partial charge in [0.15, 0.2) is 0 Å². The molecule has 3 fully saturated rings. The average Bonchev–Trinajstić information content (AvgIpc) is 3.05. The third-order valence-corrected chi connectivity index (χ3v) is 6.35. The van der Waals surface area contributed by atoms with E-state index in [-0.39, 0.29) is 24.1 Å². The number of ether oxygens (including phenoxy) is 2. The van der Waals surface area contributed by atoms with Crippen LogP contribution in [0.2, 0.25) is 0 Å². The van der Waals surface area contributed by atoms with E-state index in [1.54, 1.807) is 12.4 Å². The topological polar surface area (TPSA) is 54.9 Å². The van der Waals surface area contributed by atoms with E-state index in [0.717, 1.165) is 69.0 Å². The lowest BCUT2D eigenvalue weighted by molar-refractivity contribution is 0.0358. The summed E-state index contributed by atoms with van der Waals surface area (Å²) in [5.74, 6) is 0.973. The molecule has 3 aliphatic heterocycles. The summed E-state index contributed by atoms with van der Waals surface area (Å²) in [5.41, 5.74) is 1.95. The van der Waals surface area contributed by atoms with Crippen LogP contribution in [0, 0.1) is 0 Å². The minimum Gasteiger partial charge on any atom is -0.489 e. The van der Waals surface area contributed by atoms with E-state index in [4.69, 9.17) is 9.47 Å². The van der Waals surface area contributed by atoms with Crippen molar-refractivity contribution in [1.82, 2.24) is 9.88 Å². The van der Waals surface area contributed by atoms with E-state index < -0.39 is 0 Å². The fraction of sp³-hybridized carbons (Fsp3) is 0.478. The van der Waals surface area contributed by atoms with Gasteiger partial charge in [0.2, 0.25) is 0 Å². The molecule has 1 aromatic carbocycles. The van der Waals surface area contributed by atoms with Gasteiger partial charge in [-0.1, -0.05) is 0 Å². The number of morpholine rings is 1.